The van der Waals surface area contributed by atoms with Gasteiger partial charge in [0.15, 0.2) is 0 Å². The Hall–Kier alpha value is -2.67. The second kappa shape index (κ2) is 9.50. The summed E-state index contributed by atoms with van der Waals surface area (Å²) in [6, 6.07) is 11.2. The van der Waals surface area contributed by atoms with E-state index in [1.54, 1.807) is 36.4 Å². The van der Waals surface area contributed by atoms with Crippen LogP contribution in [-0.2, 0) is 9.59 Å². The molecule has 1 N–H and O–H groups in total. The minimum atomic E-state index is -0.110. The highest BCUT2D eigenvalue weighted by molar-refractivity contribution is 9.10. The topological polar surface area (TPSA) is 71.5 Å². The van der Waals surface area contributed by atoms with Gasteiger partial charge >= 0.3 is 0 Å². The van der Waals surface area contributed by atoms with Crippen LogP contribution in [0.2, 0.25) is 0 Å². The summed E-state index contributed by atoms with van der Waals surface area (Å²) in [5.74, 6) is 0.327. The van der Waals surface area contributed by atoms with Gasteiger partial charge in [0.1, 0.15) is 0 Å². The highest BCUT2D eigenvalue weighted by Gasteiger charge is 2.26. The van der Waals surface area contributed by atoms with E-state index in [9.17, 15) is 9.59 Å². The predicted octanol–water partition coefficient (Wildman–Crippen LogP) is 3.74. The molecule has 7 heteroatoms. The first-order valence-corrected chi connectivity index (χ1v) is 9.88. The van der Waals surface area contributed by atoms with Crippen LogP contribution in [-0.4, -0.2) is 41.9 Å². The first kappa shape index (κ1) is 20.1. The lowest BCUT2D eigenvalue weighted by Gasteiger charge is -2.30. The Kier molecular flexibility index (Phi) is 6.81. The van der Waals surface area contributed by atoms with E-state index in [2.05, 4.69) is 26.2 Å². The number of carbonyl (C=O) groups is 2. The number of piperidine rings is 1. The summed E-state index contributed by atoms with van der Waals surface area (Å²) in [5.41, 5.74) is 1.61. The molecule has 1 aliphatic heterocycles. The maximum absolute atomic E-state index is 12.4. The van der Waals surface area contributed by atoms with Crippen molar-refractivity contribution in [3.63, 3.8) is 0 Å². The zero-order valence-electron chi connectivity index (χ0n) is 15.6. The van der Waals surface area contributed by atoms with Gasteiger partial charge in [-0.05, 0) is 42.7 Å². The molecule has 6 nitrogen and oxygen atoms in total. The molecule has 2 aromatic rings. The molecule has 0 aliphatic carbocycles. The van der Waals surface area contributed by atoms with Crippen LogP contribution < -0.4 is 10.1 Å². The third-order valence-corrected chi connectivity index (χ3v) is 5.21. The molecule has 2 amide bonds. The monoisotopic (exact) mass is 443 g/mol. The summed E-state index contributed by atoms with van der Waals surface area (Å²) in [5, 5.41) is 2.88. The van der Waals surface area contributed by atoms with Crippen molar-refractivity contribution in [1.29, 1.82) is 0 Å². The van der Waals surface area contributed by atoms with E-state index in [1.807, 2.05) is 30.3 Å². The smallest absolute Gasteiger partial charge is 0.246 e. The molecule has 1 saturated heterocycles. The van der Waals surface area contributed by atoms with Crippen LogP contribution in [0.5, 0.6) is 5.88 Å². The molecule has 0 saturated carbocycles. The van der Waals surface area contributed by atoms with Crippen LogP contribution in [0.3, 0.4) is 0 Å². The van der Waals surface area contributed by atoms with Crippen molar-refractivity contribution in [2.24, 2.45) is 5.92 Å². The Bertz CT molecular complexity index is 842. The Morgan fingerprint density at radius 1 is 1.18 bits per heavy atom. The molecule has 0 bridgehead atoms. The van der Waals surface area contributed by atoms with Gasteiger partial charge in [-0.1, -0.05) is 28.1 Å². The third-order valence-electron chi connectivity index (χ3n) is 4.68. The fraction of sp³-hybridized carbons (Fsp3) is 0.286. The molecule has 146 valence electrons. The fourth-order valence-corrected chi connectivity index (χ4v) is 3.29. The van der Waals surface area contributed by atoms with Gasteiger partial charge in [-0.3, -0.25) is 9.59 Å². The highest BCUT2D eigenvalue weighted by atomic mass is 79.9. The minimum absolute atomic E-state index is 0.0267. The number of methoxy groups -OCH3 is 1. The second-order valence-electron chi connectivity index (χ2n) is 6.56. The number of likely N-dealkylation sites (tertiary alicyclic amines) is 1. The van der Waals surface area contributed by atoms with Crippen molar-refractivity contribution < 1.29 is 14.3 Å². The third kappa shape index (κ3) is 5.42. The normalized spacial score (nSPS) is 14.9. The summed E-state index contributed by atoms with van der Waals surface area (Å²) in [6.45, 7) is 1.14. The molecular formula is C21H22BrN3O3. The number of anilines is 1. The van der Waals surface area contributed by atoms with Crippen molar-refractivity contribution in [2.45, 2.75) is 12.8 Å². The van der Waals surface area contributed by atoms with Gasteiger partial charge in [-0.2, -0.15) is 0 Å². The van der Waals surface area contributed by atoms with E-state index in [-0.39, 0.29) is 17.7 Å². The second-order valence-corrected chi connectivity index (χ2v) is 7.48. The van der Waals surface area contributed by atoms with Gasteiger partial charge in [0.25, 0.3) is 0 Å². The van der Waals surface area contributed by atoms with Crippen molar-refractivity contribution in [3.8, 4) is 5.88 Å². The largest absolute Gasteiger partial charge is 0.481 e. The maximum atomic E-state index is 12.4. The average Bonchev–Trinajstić information content (AvgIpc) is 2.73. The number of nitrogens with zero attached hydrogens (tertiary/aromatic N) is 2. The van der Waals surface area contributed by atoms with Crippen molar-refractivity contribution >= 4 is 39.5 Å². The molecule has 3 rings (SSSR count). The van der Waals surface area contributed by atoms with E-state index in [0.29, 0.717) is 37.5 Å². The predicted molar refractivity (Wildman–Crippen MR) is 112 cm³/mol. The molecule has 1 aromatic carbocycles. The van der Waals surface area contributed by atoms with Gasteiger partial charge in [-0.15, -0.1) is 0 Å². The number of hydrogen-bond acceptors (Lipinski definition) is 4. The summed E-state index contributed by atoms with van der Waals surface area (Å²) < 4.78 is 6.01. The van der Waals surface area contributed by atoms with E-state index >= 15 is 0 Å². The number of hydrogen-bond donors (Lipinski definition) is 1. The average molecular weight is 444 g/mol. The van der Waals surface area contributed by atoms with Gasteiger partial charge in [0, 0.05) is 35.6 Å². The van der Waals surface area contributed by atoms with Crippen LogP contribution in [0.1, 0.15) is 18.4 Å². The summed E-state index contributed by atoms with van der Waals surface area (Å²) in [7, 11) is 1.55. The zero-order valence-corrected chi connectivity index (χ0v) is 17.2. The highest BCUT2D eigenvalue weighted by Crippen LogP contribution is 2.20. The van der Waals surface area contributed by atoms with Crippen LogP contribution in [0, 0.1) is 5.92 Å². The molecule has 1 fully saturated rings. The summed E-state index contributed by atoms with van der Waals surface area (Å²) in [6.07, 6.45) is 6.26. The first-order chi connectivity index (χ1) is 13.5. The number of amides is 2. The van der Waals surface area contributed by atoms with Crippen LogP contribution in [0.4, 0.5) is 5.69 Å². The SMILES string of the molecule is COc1ccc(NC(=O)C2CCN(C(=O)/C=C/c3ccc(Br)cc3)CC2)cn1. The first-order valence-electron chi connectivity index (χ1n) is 9.08. The quantitative estimate of drug-likeness (QED) is 0.714. The van der Waals surface area contributed by atoms with E-state index in [0.717, 1.165) is 10.0 Å². The summed E-state index contributed by atoms with van der Waals surface area (Å²) in [4.78, 5) is 30.7. The molecule has 28 heavy (non-hydrogen) atoms. The van der Waals surface area contributed by atoms with E-state index in [4.69, 9.17) is 4.74 Å². The molecule has 0 unspecified atom stereocenters. The number of halogens is 1. The van der Waals surface area contributed by atoms with Crippen LogP contribution in [0.25, 0.3) is 6.08 Å². The van der Waals surface area contributed by atoms with Gasteiger partial charge in [0.05, 0.1) is 19.0 Å². The Balaban J connectivity index is 1.48. The Morgan fingerprint density at radius 2 is 1.89 bits per heavy atom. The lowest BCUT2D eigenvalue weighted by molar-refractivity contribution is -0.130. The standard InChI is InChI=1S/C21H22BrN3O3/c1-28-19-8-7-18(14-23-19)24-21(27)16-10-12-25(13-11-16)20(26)9-4-15-2-5-17(22)6-3-15/h2-9,14,16H,10-13H2,1H3,(H,24,27)/b9-4+. The molecule has 2 heterocycles. The number of aromatic nitrogens is 1. The fourth-order valence-electron chi connectivity index (χ4n) is 3.03. The Morgan fingerprint density at radius 3 is 2.50 bits per heavy atom. The van der Waals surface area contributed by atoms with Gasteiger partial charge in [-0.25, -0.2) is 4.98 Å². The lowest BCUT2D eigenvalue weighted by Crippen LogP contribution is -2.40. The summed E-state index contributed by atoms with van der Waals surface area (Å²) >= 11 is 3.39. The van der Waals surface area contributed by atoms with E-state index in [1.165, 1.54) is 0 Å². The number of ether oxygens (including phenoxy) is 1. The lowest BCUT2D eigenvalue weighted by atomic mass is 9.95. The van der Waals surface area contributed by atoms with E-state index < -0.39 is 0 Å². The number of pyridine rings is 1. The minimum Gasteiger partial charge on any atom is -0.481 e. The molecule has 1 aromatic heterocycles. The van der Waals surface area contributed by atoms with Crippen molar-refractivity contribution in [1.82, 2.24) is 9.88 Å². The Labute approximate surface area is 172 Å². The van der Waals surface area contributed by atoms with Gasteiger partial charge in [0.2, 0.25) is 17.7 Å². The zero-order chi connectivity index (χ0) is 19.9. The maximum Gasteiger partial charge on any atom is 0.246 e. The van der Waals surface area contributed by atoms with Crippen LogP contribution >= 0.6 is 15.9 Å². The van der Waals surface area contributed by atoms with Gasteiger partial charge < -0.3 is 15.0 Å². The molecule has 0 atom stereocenters. The number of rotatable bonds is 5. The van der Waals surface area contributed by atoms with Crippen LogP contribution in [0.15, 0.2) is 53.1 Å². The number of carbonyl (C=O) groups excluding carboxylic acids is 2. The molecular weight excluding hydrogens is 422 g/mol. The van der Waals surface area contributed by atoms with Crippen molar-refractivity contribution in [3.05, 3.63) is 58.7 Å². The molecule has 1 aliphatic rings. The number of benzene rings is 1. The van der Waals surface area contributed by atoms with Crippen molar-refractivity contribution in [2.75, 3.05) is 25.5 Å². The molecule has 0 radical (unpaired) electrons. The number of nitrogens with one attached hydrogen (secondary N) is 1. The molecule has 0 spiro atoms.